The van der Waals surface area contributed by atoms with E-state index in [4.69, 9.17) is 0 Å². The van der Waals surface area contributed by atoms with Gasteiger partial charge in [-0.2, -0.15) is 0 Å². The Kier molecular flexibility index (Phi) is 6.83. The first kappa shape index (κ1) is 17.7. The van der Waals surface area contributed by atoms with Crippen LogP contribution in [-0.4, -0.2) is 35.1 Å². The third kappa shape index (κ3) is 4.95. The van der Waals surface area contributed by atoms with Crippen molar-refractivity contribution < 1.29 is 0 Å². The molecule has 2 aliphatic carbocycles. The summed E-state index contributed by atoms with van der Waals surface area (Å²) in [6, 6.07) is 4.46. The minimum atomic E-state index is 0.862. The Labute approximate surface area is 144 Å². The highest BCUT2D eigenvalue weighted by molar-refractivity contribution is 5.19. The van der Waals surface area contributed by atoms with Crippen LogP contribution in [0, 0.1) is 0 Å². The lowest BCUT2D eigenvalue weighted by atomic mass is 9.98. The predicted octanol–water partition coefficient (Wildman–Crippen LogP) is 5.26. The molecule has 3 fully saturated rings. The number of unbranched alkanes of at least 4 members (excludes halogenated alkanes) is 8. The normalized spacial score (nSPS) is 32.0. The van der Waals surface area contributed by atoms with Crippen LogP contribution in [0.15, 0.2) is 0 Å². The van der Waals surface area contributed by atoms with Crippen molar-refractivity contribution in [3.63, 3.8) is 0 Å². The molecule has 3 rings (SSSR count). The van der Waals surface area contributed by atoms with Gasteiger partial charge in [0.1, 0.15) is 0 Å². The monoisotopic (exact) mass is 320 g/mol. The fourth-order valence-electron chi connectivity index (χ4n) is 4.85. The van der Waals surface area contributed by atoms with Crippen LogP contribution in [0.1, 0.15) is 104 Å². The number of hydrogen-bond acceptors (Lipinski definition) is 2. The second kappa shape index (κ2) is 8.85. The number of rotatable bonds is 13. The average Bonchev–Trinajstić information content (AvgIpc) is 3.45. The second-order valence-corrected chi connectivity index (χ2v) is 8.49. The van der Waals surface area contributed by atoms with Crippen molar-refractivity contribution in [2.45, 2.75) is 134 Å². The summed E-state index contributed by atoms with van der Waals surface area (Å²) in [5, 5.41) is 3.84. The van der Waals surface area contributed by atoms with Crippen LogP contribution >= 0.6 is 0 Å². The van der Waals surface area contributed by atoms with Gasteiger partial charge in [0.15, 0.2) is 0 Å². The number of nitrogens with zero attached hydrogens (tertiary/aromatic N) is 1. The second-order valence-electron chi connectivity index (χ2n) is 8.49. The largest absolute Gasteiger partial charge is 0.308 e. The molecule has 1 heterocycles. The van der Waals surface area contributed by atoms with Crippen LogP contribution in [0.5, 0.6) is 0 Å². The third-order valence-corrected chi connectivity index (χ3v) is 6.41. The molecule has 0 radical (unpaired) electrons. The van der Waals surface area contributed by atoms with E-state index >= 15 is 0 Å². The van der Waals surface area contributed by atoms with Gasteiger partial charge in [0.05, 0.1) is 0 Å². The van der Waals surface area contributed by atoms with Gasteiger partial charge in [-0.15, -0.1) is 0 Å². The Bertz CT molecular complexity index is 313. The highest BCUT2D eigenvalue weighted by atomic mass is 15.4. The van der Waals surface area contributed by atoms with Gasteiger partial charge in [-0.25, -0.2) is 0 Å². The first-order valence-corrected chi connectivity index (χ1v) is 10.9. The summed E-state index contributed by atoms with van der Waals surface area (Å²) in [4.78, 5) is 3.01. The molecular weight excluding hydrogens is 280 g/mol. The molecule has 2 nitrogen and oxygen atoms in total. The molecule has 0 spiro atoms. The Morgan fingerprint density at radius 2 is 1.22 bits per heavy atom. The predicted molar refractivity (Wildman–Crippen MR) is 99.9 cm³/mol. The van der Waals surface area contributed by atoms with Crippen LogP contribution in [0.3, 0.4) is 0 Å². The molecule has 23 heavy (non-hydrogen) atoms. The number of nitrogens with one attached hydrogen (secondary N) is 1. The van der Waals surface area contributed by atoms with Crippen molar-refractivity contribution in [2.75, 3.05) is 0 Å². The summed E-state index contributed by atoms with van der Waals surface area (Å²) in [5.41, 5.74) is 0. The van der Waals surface area contributed by atoms with Crippen molar-refractivity contribution >= 4 is 0 Å². The van der Waals surface area contributed by atoms with E-state index in [9.17, 15) is 0 Å². The standard InChI is InChI=1S/C21H40N2/c1-3-5-7-9-11-13-17(14-12-10-8-6-4-2)23-20-15-18(20)22-19-16-21(19)23/h17-22H,3-16H2,1-2H3. The molecular formula is C21H40N2. The molecule has 4 atom stereocenters. The lowest BCUT2D eigenvalue weighted by Gasteiger charge is -2.35. The SMILES string of the molecule is CCCCCCCC(CCCCCCC)N1C2CC2NC2CC21. The molecule has 1 aliphatic heterocycles. The van der Waals surface area contributed by atoms with Gasteiger partial charge >= 0.3 is 0 Å². The van der Waals surface area contributed by atoms with E-state index in [1.165, 1.54) is 89.9 Å². The first-order valence-electron chi connectivity index (χ1n) is 10.9. The van der Waals surface area contributed by atoms with Crippen molar-refractivity contribution in [2.24, 2.45) is 0 Å². The van der Waals surface area contributed by atoms with Crippen LogP contribution in [-0.2, 0) is 0 Å². The fraction of sp³-hybridized carbons (Fsp3) is 1.00. The minimum absolute atomic E-state index is 0.862. The molecule has 0 amide bonds. The smallest absolute Gasteiger partial charge is 0.0271 e. The summed E-state index contributed by atoms with van der Waals surface area (Å²) < 4.78 is 0. The van der Waals surface area contributed by atoms with Gasteiger partial charge in [0, 0.05) is 30.2 Å². The Balaban J connectivity index is 1.43. The molecule has 1 saturated heterocycles. The zero-order valence-corrected chi connectivity index (χ0v) is 15.7. The third-order valence-electron chi connectivity index (χ3n) is 6.41. The van der Waals surface area contributed by atoms with Gasteiger partial charge in [-0.05, 0) is 25.7 Å². The number of hydrogen-bond donors (Lipinski definition) is 1. The van der Waals surface area contributed by atoms with Gasteiger partial charge in [0.2, 0.25) is 0 Å². The van der Waals surface area contributed by atoms with E-state index in [2.05, 4.69) is 24.1 Å². The Morgan fingerprint density at radius 1 is 0.739 bits per heavy atom. The van der Waals surface area contributed by atoms with Crippen LogP contribution < -0.4 is 5.32 Å². The maximum atomic E-state index is 3.84. The number of fused-ring (bicyclic) bond motifs is 2. The van der Waals surface area contributed by atoms with Crippen molar-refractivity contribution in [3.8, 4) is 0 Å². The minimum Gasteiger partial charge on any atom is -0.308 e. The molecule has 0 aromatic carbocycles. The maximum absolute atomic E-state index is 3.84. The van der Waals surface area contributed by atoms with Crippen molar-refractivity contribution in [1.29, 1.82) is 0 Å². The molecule has 0 aromatic heterocycles. The van der Waals surface area contributed by atoms with Crippen molar-refractivity contribution in [1.82, 2.24) is 10.2 Å². The molecule has 3 aliphatic rings. The highest BCUT2D eigenvalue weighted by Crippen LogP contribution is 2.47. The molecule has 0 bridgehead atoms. The van der Waals surface area contributed by atoms with Gasteiger partial charge in [0.25, 0.3) is 0 Å². The van der Waals surface area contributed by atoms with Gasteiger partial charge < -0.3 is 5.32 Å². The molecule has 2 saturated carbocycles. The van der Waals surface area contributed by atoms with E-state index in [1.807, 2.05) is 0 Å². The van der Waals surface area contributed by atoms with Gasteiger partial charge in [-0.1, -0.05) is 78.1 Å². The summed E-state index contributed by atoms with van der Waals surface area (Å²) in [6.45, 7) is 4.64. The summed E-state index contributed by atoms with van der Waals surface area (Å²) in [5.74, 6) is 0. The topological polar surface area (TPSA) is 15.3 Å². The van der Waals surface area contributed by atoms with E-state index < -0.39 is 0 Å². The van der Waals surface area contributed by atoms with Gasteiger partial charge in [-0.3, -0.25) is 4.90 Å². The lowest BCUT2D eigenvalue weighted by Crippen LogP contribution is -2.48. The summed E-state index contributed by atoms with van der Waals surface area (Å²) in [7, 11) is 0. The zero-order valence-electron chi connectivity index (χ0n) is 15.7. The summed E-state index contributed by atoms with van der Waals surface area (Å²) in [6.07, 6.45) is 20.2. The van der Waals surface area contributed by atoms with E-state index in [0.717, 1.165) is 30.2 Å². The quantitative estimate of drug-likeness (QED) is 0.465. The average molecular weight is 321 g/mol. The van der Waals surface area contributed by atoms with E-state index in [1.54, 1.807) is 0 Å². The van der Waals surface area contributed by atoms with Crippen LogP contribution in [0.4, 0.5) is 0 Å². The first-order chi connectivity index (χ1) is 11.3. The van der Waals surface area contributed by atoms with E-state index in [-0.39, 0.29) is 0 Å². The Morgan fingerprint density at radius 3 is 1.70 bits per heavy atom. The molecule has 1 N–H and O–H groups in total. The fourth-order valence-corrected chi connectivity index (χ4v) is 4.85. The zero-order chi connectivity index (χ0) is 16.1. The lowest BCUT2D eigenvalue weighted by molar-refractivity contribution is 0.128. The molecule has 0 aromatic rings. The summed E-state index contributed by atoms with van der Waals surface area (Å²) >= 11 is 0. The highest BCUT2D eigenvalue weighted by Gasteiger charge is 2.59. The molecule has 134 valence electrons. The number of piperazine rings is 1. The van der Waals surface area contributed by atoms with E-state index in [0.29, 0.717) is 0 Å². The van der Waals surface area contributed by atoms with Crippen LogP contribution in [0.2, 0.25) is 0 Å². The molecule has 4 unspecified atom stereocenters. The maximum Gasteiger partial charge on any atom is 0.0271 e. The molecule has 2 heteroatoms. The van der Waals surface area contributed by atoms with Crippen LogP contribution in [0.25, 0.3) is 0 Å². The Hall–Kier alpha value is -0.0800. The van der Waals surface area contributed by atoms with Crippen molar-refractivity contribution in [3.05, 3.63) is 0 Å².